The van der Waals surface area contributed by atoms with E-state index in [4.69, 9.17) is 4.98 Å². The van der Waals surface area contributed by atoms with E-state index >= 15 is 0 Å². The van der Waals surface area contributed by atoms with Crippen LogP contribution in [0.4, 0.5) is 5.82 Å². The molecule has 1 amide bonds. The largest absolute Gasteiger partial charge is 0.356 e. The predicted octanol–water partition coefficient (Wildman–Crippen LogP) is 3.36. The van der Waals surface area contributed by atoms with Crippen LogP contribution in [-0.2, 0) is 11.2 Å². The van der Waals surface area contributed by atoms with Crippen molar-refractivity contribution in [3.63, 3.8) is 0 Å². The summed E-state index contributed by atoms with van der Waals surface area (Å²) in [4.78, 5) is 26.3. The van der Waals surface area contributed by atoms with Crippen LogP contribution in [0.3, 0.4) is 0 Å². The number of nitrogens with zero attached hydrogens (tertiary/aromatic N) is 4. The Labute approximate surface area is 157 Å². The van der Waals surface area contributed by atoms with Gasteiger partial charge in [-0.1, -0.05) is 13.3 Å². The van der Waals surface area contributed by atoms with E-state index in [2.05, 4.69) is 21.7 Å². The summed E-state index contributed by atoms with van der Waals surface area (Å²) in [6.45, 7) is 8.25. The Hall–Kier alpha value is -1.65. The monoisotopic (exact) mass is 356 g/mol. The SMILES string of the molecule is CCCc1cnc(C)nc1N1CCC[C@@]2(CCC(=O)N(CC3CC3)C2)C1. The highest BCUT2D eigenvalue weighted by atomic mass is 16.2. The van der Waals surface area contributed by atoms with Gasteiger partial charge >= 0.3 is 0 Å². The molecule has 0 bridgehead atoms. The topological polar surface area (TPSA) is 49.3 Å². The van der Waals surface area contributed by atoms with Crippen LogP contribution in [0.2, 0.25) is 0 Å². The Morgan fingerprint density at radius 2 is 2.12 bits per heavy atom. The minimum Gasteiger partial charge on any atom is -0.356 e. The van der Waals surface area contributed by atoms with Crippen LogP contribution < -0.4 is 4.90 Å². The van der Waals surface area contributed by atoms with Gasteiger partial charge in [0.1, 0.15) is 11.6 Å². The first kappa shape index (κ1) is 17.7. The van der Waals surface area contributed by atoms with Crippen LogP contribution in [0.5, 0.6) is 0 Å². The summed E-state index contributed by atoms with van der Waals surface area (Å²) in [5, 5.41) is 0. The first-order valence-electron chi connectivity index (χ1n) is 10.4. The molecule has 1 aromatic heterocycles. The van der Waals surface area contributed by atoms with Crippen molar-refractivity contribution in [2.45, 2.75) is 65.2 Å². The van der Waals surface area contributed by atoms with E-state index in [1.54, 1.807) is 0 Å². The van der Waals surface area contributed by atoms with Crippen molar-refractivity contribution >= 4 is 11.7 Å². The van der Waals surface area contributed by atoms with E-state index in [1.165, 1.54) is 31.2 Å². The molecule has 142 valence electrons. The molecule has 1 saturated carbocycles. The van der Waals surface area contributed by atoms with Crippen LogP contribution in [0.25, 0.3) is 0 Å². The highest BCUT2D eigenvalue weighted by molar-refractivity contribution is 5.77. The van der Waals surface area contributed by atoms with E-state index in [0.29, 0.717) is 5.91 Å². The highest BCUT2D eigenvalue weighted by Crippen LogP contribution is 2.42. The number of aryl methyl sites for hydroxylation is 2. The van der Waals surface area contributed by atoms with Gasteiger partial charge in [0.2, 0.25) is 5.91 Å². The van der Waals surface area contributed by atoms with Crippen molar-refractivity contribution in [3.05, 3.63) is 17.6 Å². The highest BCUT2D eigenvalue weighted by Gasteiger charge is 2.43. The lowest BCUT2D eigenvalue weighted by atomic mass is 9.73. The number of anilines is 1. The van der Waals surface area contributed by atoms with Gasteiger partial charge in [0.25, 0.3) is 0 Å². The molecule has 3 fully saturated rings. The van der Waals surface area contributed by atoms with Crippen LogP contribution in [0, 0.1) is 18.3 Å². The number of hydrogen-bond acceptors (Lipinski definition) is 4. The maximum absolute atomic E-state index is 12.4. The van der Waals surface area contributed by atoms with Crippen molar-refractivity contribution in [2.75, 3.05) is 31.1 Å². The lowest BCUT2D eigenvalue weighted by molar-refractivity contribution is -0.138. The van der Waals surface area contributed by atoms with Gasteiger partial charge in [0.15, 0.2) is 0 Å². The third-order valence-corrected chi connectivity index (χ3v) is 6.37. The number of carbonyl (C=O) groups is 1. The average Bonchev–Trinajstić information content (AvgIpc) is 3.44. The summed E-state index contributed by atoms with van der Waals surface area (Å²) < 4.78 is 0. The lowest BCUT2D eigenvalue weighted by Crippen LogP contribution is -2.54. The molecule has 0 N–H and O–H groups in total. The fraction of sp³-hybridized carbons (Fsp3) is 0.762. The molecule has 5 heteroatoms. The van der Waals surface area contributed by atoms with Crippen molar-refractivity contribution in [1.29, 1.82) is 0 Å². The third kappa shape index (κ3) is 3.72. The van der Waals surface area contributed by atoms with E-state index in [9.17, 15) is 4.79 Å². The molecule has 26 heavy (non-hydrogen) atoms. The number of hydrogen-bond donors (Lipinski definition) is 0. The first-order chi connectivity index (χ1) is 12.6. The summed E-state index contributed by atoms with van der Waals surface area (Å²) in [6, 6.07) is 0. The quantitative estimate of drug-likeness (QED) is 0.812. The smallest absolute Gasteiger partial charge is 0.222 e. The van der Waals surface area contributed by atoms with Crippen LogP contribution in [-0.4, -0.2) is 47.0 Å². The number of carbonyl (C=O) groups excluding carboxylic acids is 1. The minimum atomic E-state index is 0.253. The van der Waals surface area contributed by atoms with Crippen LogP contribution in [0.1, 0.15) is 63.3 Å². The molecule has 0 radical (unpaired) electrons. The van der Waals surface area contributed by atoms with Gasteiger partial charge in [-0.3, -0.25) is 4.79 Å². The molecule has 1 spiro atoms. The molecule has 5 nitrogen and oxygen atoms in total. The molecule has 0 aromatic carbocycles. The van der Waals surface area contributed by atoms with Crippen LogP contribution in [0.15, 0.2) is 6.20 Å². The van der Waals surface area contributed by atoms with E-state index in [1.807, 2.05) is 13.1 Å². The minimum absolute atomic E-state index is 0.253. The van der Waals surface area contributed by atoms with Crippen LogP contribution >= 0.6 is 0 Å². The van der Waals surface area contributed by atoms with Crippen molar-refractivity contribution in [1.82, 2.24) is 14.9 Å². The lowest BCUT2D eigenvalue weighted by Gasteiger charge is -2.49. The van der Waals surface area contributed by atoms with Gasteiger partial charge in [0, 0.05) is 49.8 Å². The predicted molar refractivity (Wildman–Crippen MR) is 103 cm³/mol. The fourth-order valence-corrected chi connectivity index (χ4v) is 4.81. The van der Waals surface area contributed by atoms with Gasteiger partial charge in [-0.25, -0.2) is 9.97 Å². The molecule has 1 aliphatic carbocycles. The zero-order chi connectivity index (χ0) is 18.1. The van der Waals surface area contributed by atoms with Crippen molar-refractivity contribution in [3.8, 4) is 0 Å². The number of amides is 1. The maximum Gasteiger partial charge on any atom is 0.222 e. The fourth-order valence-electron chi connectivity index (χ4n) is 4.81. The molecule has 1 aromatic rings. The van der Waals surface area contributed by atoms with Gasteiger partial charge in [-0.2, -0.15) is 0 Å². The molecule has 0 unspecified atom stereocenters. The second-order valence-electron chi connectivity index (χ2n) is 8.76. The summed E-state index contributed by atoms with van der Waals surface area (Å²) >= 11 is 0. The van der Waals surface area contributed by atoms with E-state index < -0.39 is 0 Å². The number of aromatic nitrogens is 2. The Kier molecular flexibility index (Phi) is 4.89. The zero-order valence-electron chi connectivity index (χ0n) is 16.3. The summed E-state index contributed by atoms with van der Waals surface area (Å²) in [7, 11) is 0. The number of likely N-dealkylation sites (tertiary alicyclic amines) is 1. The molecule has 2 saturated heterocycles. The number of piperidine rings is 2. The summed E-state index contributed by atoms with van der Waals surface area (Å²) in [5.41, 5.74) is 1.53. The Balaban J connectivity index is 1.53. The van der Waals surface area contributed by atoms with Crippen molar-refractivity contribution < 1.29 is 4.79 Å². The second-order valence-corrected chi connectivity index (χ2v) is 8.76. The van der Waals surface area contributed by atoms with Gasteiger partial charge in [0.05, 0.1) is 0 Å². The standard InChI is InChI=1S/C21H32N4O/c1-3-5-18-12-22-16(2)23-20(18)24-11-4-9-21(14-24)10-8-19(26)25(15-21)13-17-6-7-17/h12,17H,3-11,13-15H2,1-2H3/t21-/m1/s1. The first-order valence-corrected chi connectivity index (χ1v) is 10.4. The Morgan fingerprint density at radius 3 is 2.88 bits per heavy atom. The molecule has 2 aliphatic heterocycles. The van der Waals surface area contributed by atoms with E-state index in [0.717, 1.165) is 69.4 Å². The molecular formula is C21H32N4O. The Morgan fingerprint density at radius 1 is 1.27 bits per heavy atom. The van der Waals surface area contributed by atoms with Gasteiger partial charge in [-0.15, -0.1) is 0 Å². The van der Waals surface area contributed by atoms with E-state index in [-0.39, 0.29) is 5.41 Å². The summed E-state index contributed by atoms with van der Waals surface area (Å²) in [6.07, 6.45) is 11.0. The molecular weight excluding hydrogens is 324 g/mol. The number of rotatable bonds is 5. The molecule has 1 atom stereocenters. The molecule has 3 aliphatic rings. The normalized spacial score (nSPS) is 26.6. The van der Waals surface area contributed by atoms with Gasteiger partial charge < -0.3 is 9.80 Å². The van der Waals surface area contributed by atoms with Gasteiger partial charge in [-0.05, 0) is 51.4 Å². The second kappa shape index (κ2) is 7.16. The molecule has 4 rings (SSSR count). The van der Waals surface area contributed by atoms with Crippen molar-refractivity contribution in [2.24, 2.45) is 11.3 Å². The maximum atomic E-state index is 12.4. The average molecular weight is 357 g/mol. The molecule has 3 heterocycles. The summed E-state index contributed by atoms with van der Waals surface area (Å²) in [5.74, 6) is 3.15. The Bertz CT molecular complexity index is 672. The third-order valence-electron chi connectivity index (χ3n) is 6.37. The zero-order valence-corrected chi connectivity index (χ0v) is 16.3.